The Morgan fingerprint density at radius 1 is 1.19 bits per heavy atom. The summed E-state index contributed by atoms with van der Waals surface area (Å²) in [6, 6.07) is 3.43. The number of piperidine rings is 1. The molecule has 0 N–H and O–H groups in total. The van der Waals surface area contributed by atoms with E-state index >= 15 is 0 Å². The molecule has 0 aliphatic carbocycles. The average molecular weight is 361 g/mol. The zero-order valence-electron chi connectivity index (χ0n) is 15.2. The number of non-ortho nitro benzene ring substituents is 1. The Morgan fingerprint density at radius 3 is 2.42 bits per heavy atom. The van der Waals surface area contributed by atoms with Crippen molar-refractivity contribution in [2.24, 2.45) is 11.8 Å². The maximum absolute atomic E-state index is 13.0. The van der Waals surface area contributed by atoms with E-state index in [1.165, 1.54) is 25.3 Å². The van der Waals surface area contributed by atoms with Crippen LogP contribution in [0.3, 0.4) is 0 Å². The summed E-state index contributed by atoms with van der Waals surface area (Å²) < 4.78 is 5.20. The molecule has 2 fully saturated rings. The van der Waals surface area contributed by atoms with Gasteiger partial charge in [-0.1, -0.05) is 13.8 Å². The quantitative estimate of drug-likeness (QED) is 0.464. The number of nitro benzene ring substituents is 1. The molecule has 0 bridgehead atoms. The lowest BCUT2D eigenvalue weighted by Gasteiger charge is -2.37. The number of methoxy groups -OCH3 is 1. The van der Waals surface area contributed by atoms with Crippen LogP contribution >= 0.6 is 0 Å². The minimum absolute atomic E-state index is 0.123. The molecule has 3 rings (SSSR count). The van der Waals surface area contributed by atoms with Crippen LogP contribution in [-0.2, 0) is 9.59 Å². The van der Waals surface area contributed by atoms with E-state index in [1.807, 2.05) is 0 Å². The van der Waals surface area contributed by atoms with Crippen molar-refractivity contribution < 1.29 is 19.2 Å². The molecule has 2 aliphatic heterocycles. The number of nitrogens with zero attached hydrogens (tertiary/aromatic N) is 3. The topological polar surface area (TPSA) is 93.0 Å². The Morgan fingerprint density at radius 2 is 1.85 bits per heavy atom. The fourth-order valence-corrected chi connectivity index (χ4v) is 4.08. The highest BCUT2D eigenvalue weighted by atomic mass is 16.6. The molecule has 2 aliphatic rings. The molecule has 2 heterocycles. The third-order valence-electron chi connectivity index (χ3n) is 5.08. The van der Waals surface area contributed by atoms with E-state index in [1.54, 1.807) is 0 Å². The monoisotopic (exact) mass is 361 g/mol. The van der Waals surface area contributed by atoms with Gasteiger partial charge in [-0.15, -0.1) is 0 Å². The predicted octanol–water partition coefficient (Wildman–Crippen LogP) is 2.21. The number of nitro groups is 1. The van der Waals surface area contributed by atoms with Crippen molar-refractivity contribution >= 4 is 23.2 Å². The molecule has 2 saturated heterocycles. The summed E-state index contributed by atoms with van der Waals surface area (Å²) in [4.78, 5) is 39.2. The third-order valence-corrected chi connectivity index (χ3v) is 5.08. The molecule has 26 heavy (non-hydrogen) atoms. The summed E-state index contributed by atoms with van der Waals surface area (Å²) in [7, 11) is 1.36. The zero-order chi connectivity index (χ0) is 19.0. The van der Waals surface area contributed by atoms with Crippen LogP contribution in [0.5, 0.6) is 5.75 Å². The number of ether oxygens (including phenoxy) is 1. The van der Waals surface area contributed by atoms with Crippen molar-refractivity contribution in [1.29, 1.82) is 0 Å². The summed E-state index contributed by atoms with van der Waals surface area (Å²) in [6.07, 6.45) is 1.24. The molecule has 8 nitrogen and oxygen atoms in total. The highest BCUT2D eigenvalue weighted by Crippen LogP contribution is 2.36. The first-order chi connectivity index (χ1) is 12.3. The van der Waals surface area contributed by atoms with E-state index < -0.39 is 11.0 Å². The van der Waals surface area contributed by atoms with E-state index in [4.69, 9.17) is 4.74 Å². The Balaban J connectivity index is 1.89. The van der Waals surface area contributed by atoms with E-state index in [2.05, 4.69) is 18.7 Å². The minimum atomic E-state index is -0.542. The molecular weight excluding hydrogens is 338 g/mol. The lowest BCUT2D eigenvalue weighted by molar-refractivity contribution is -0.384. The summed E-state index contributed by atoms with van der Waals surface area (Å²) in [5.41, 5.74) is 0.105. The van der Waals surface area contributed by atoms with E-state index in [-0.39, 0.29) is 35.4 Å². The van der Waals surface area contributed by atoms with Gasteiger partial charge in [-0.3, -0.25) is 24.6 Å². The SMILES string of the molecule is COc1cc([N+](=O)[O-])ccc1N1C(=O)CC(N2CC(C)CC(C)C2)C1=O. The van der Waals surface area contributed by atoms with Crippen molar-refractivity contribution in [2.45, 2.75) is 32.7 Å². The summed E-state index contributed by atoms with van der Waals surface area (Å²) >= 11 is 0. The Hall–Kier alpha value is -2.48. The van der Waals surface area contributed by atoms with E-state index in [0.29, 0.717) is 11.8 Å². The fourth-order valence-electron chi connectivity index (χ4n) is 4.08. The number of rotatable bonds is 4. The smallest absolute Gasteiger partial charge is 0.273 e. The molecule has 3 atom stereocenters. The second-order valence-corrected chi connectivity index (χ2v) is 7.30. The number of carbonyl (C=O) groups excluding carboxylic acids is 2. The van der Waals surface area contributed by atoms with Gasteiger partial charge in [-0.2, -0.15) is 0 Å². The molecule has 1 aromatic carbocycles. The highest BCUT2D eigenvalue weighted by molar-refractivity contribution is 6.23. The second-order valence-electron chi connectivity index (χ2n) is 7.30. The molecule has 0 spiro atoms. The minimum Gasteiger partial charge on any atom is -0.494 e. The van der Waals surface area contributed by atoms with Gasteiger partial charge in [0.25, 0.3) is 11.6 Å². The second kappa shape index (κ2) is 7.03. The first-order valence-electron chi connectivity index (χ1n) is 8.75. The average Bonchev–Trinajstić information content (AvgIpc) is 2.88. The van der Waals surface area contributed by atoms with Gasteiger partial charge in [-0.25, -0.2) is 4.90 Å². The van der Waals surface area contributed by atoms with Gasteiger partial charge in [-0.05, 0) is 24.3 Å². The number of anilines is 1. The number of likely N-dealkylation sites (tertiary alicyclic amines) is 1. The molecule has 8 heteroatoms. The Kier molecular flexibility index (Phi) is 4.95. The molecule has 2 amide bonds. The van der Waals surface area contributed by atoms with Crippen molar-refractivity contribution in [3.05, 3.63) is 28.3 Å². The largest absolute Gasteiger partial charge is 0.494 e. The number of carbonyl (C=O) groups is 2. The molecule has 1 aromatic rings. The Bertz CT molecular complexity index is 740. The number of hydrogen-bond donors (Lipinski definition) is 0. The molecule has 0 radical (unpaired) electrons. The third kappa shape index (κ3) is 3.29. The van der Waals surface area contributed by atoms with Crippen LogP contribution in [0.25, 0.3) is 0 Å². The number of hydrogen-bond acceptors (Lipinski definition) is 6. The normalized spacial score (nSPS) is 27.0. The van der Waals surface area contributed by atoms with Gasteiger partial charge in [0.1, 0.15) is 5.75 Å². The molecule has 0 aromatic heterocycles. The van der Waals surface area contributed by atoms with Gasteiger partial charge in [0, 0.05) is 19.2 Å². The lowest BCUT2D eigenvalue weighted by atomic mass is 9.90. The van der Waals surface area contributed by atoms with Crippen LogP contribution in [0.4, 0.5) is 11.4 Å². The van der Waals surface area contributed by atoms with Gasteiger partial charge in [0.15, 0.2) is 0 Å². The van der Waals surface area contributed by atoms with Crippen LogP contribution in [0, 0.1) is 22.0 Å². The first kappa shape index (κ1) is 18.3. The number of benzene rings is 1. The maximum atomic E-state index is 13.0. The van der Waals surface area contributed by atoms with E-state index in [9.17, 15) is 19.7 Å². The summed E-state index contributed by atoms with van der Waals surface area (Å²) in [5.74, 6) is 0.498. The van der Waals surface area contributed by atoms with Gasteiger partial charge >= 0.3 is 0 Å². The van der Waals surface area contributed by atoms with Crippen LogP contribution in [0.15, 0.2) is 18.2 Å². The molecule has 140 valence electrons. The lowest BCUT2D eigenvalue weighted by Crippen LogP contribution is -2.48. The fraction of sp³-hybridized carbons (Fsp3) is 0.556. The summed E-state index contributed by atoms with van der Waals surface area (Å²) in [6.45, 7) is 5.89. The van der Waals surface area contributed by atoms with Gasteiger partial charge < -0.3 is 4.74 Å². The van der Waals surface area contributed by atoms with Crippen LogP contribution < -0.4 is 9.64 Å². The number of amides is 2. The maximum Gasteiger partial charge on any atom is 0.273 e. The molecule has 3 unspecified atom stereocenters. The van der Waals surface area contributed by atoms with Crippen molar-refractivity contribution in [1.82, 2.24) is 4.90 Å². The summed E-state index contributed by atoms with van der Waals surface area (Å²) in [5, 5.41) is 10.9. The van der Waals surface area contributed by atoms with Crippen molar-refractivity contribution in [2.75, 3.05) is 25.1 Å². The predicted molar refractivity (Wildman–Crippen MR) is 95.1 cm³/mol. The molecule has 0 saturated carbocycles. The van der Waals surface area contributed by atoms with Crippen molar-refractivity contribution in [3.63, 3.8) is 0 Å². The highest BCUT2D eigenvalue weighted by Gasteiger charge is 2.45. The van der Waals surface area contributed by atoms with E-state index in [0.717, 1.165) is 24.4 Å². The van der Waals surface area contributed by atoms with Crippen LogP contribution in [0.2, 0.25) is 0 Å². The van der Waals surface area contributed by atoms with Crippen molar-refractivity contribution in [3.8, 4) is 5.75 Å². The van der Waals surface area contributed by atoms with Crippen LogP contribution in [0.1, 0.15) is 26.7 Å². The number of imide groups is 1. The van der Waals surface area contributed by atoms with Crippen LogP contribution in [-0.4, -0.2) is 47.9 Å². The zero-order valence-corrected chi connectivity index (χ0v) is 15.2. The standard InChI is InChI=1S/C18H23N3O5/c1-11-6-12(2)10-19(9-11)15-8-17(22)20(18(15)23)14-5-4-13(21(24)25)7-16(14)26-3/h4-5,7,11-12,15H,6,8-10H2,1-3H3. The Labute approximate surface area is 151 Å². The van der Waals surface area contributed by atoms with Gasteiger partial charge in [0.05, 0.1) is 36.2 Å². The first-order valence-corrected chi connectivity index (χ1v) is 8.75. The van der Waals surface area contributed by atoms with Gasteiger partial charge in [0.2, 0.25) is 5.91 Å². The molecular formula is C18H23N3O5.